The molecule has 0 radical (unpaired) electrons. The number of nitrogens with zero attached hydrogens (tertiary/aromatic N) is 4. The second kappa shape index (κ2) is 7.87. The van der Waals surface area contributed by atoms with Crippen LogP contribution in [0.2, 0.25) is 0 Å². The van der Waals surface area contributed by atoms with Crippen molar-refractivity contribution in [3.05, 3.63) is 72.6 Å². The third kappa shape index (κ3) is 3.63. The number of anilines is 1. The first-order chi connectivity index (χ1) is 15.7. The largest absolute Gasteiger partial charge is 0.371 e. The molecule has 6 heteroatoms. The molecule has 4 heterocycles. The minimum absolute atomic E-state index is 0.135. The zero-order valence-corrected chi connectivity index (χ0v) is 18.2. The van der Waals surface area contributed by atoms with Gasteiger partial charge in [-0.15, -0.1) is 0 Å². The van der Waals surface area contributed by atoms with Gasteiger partial charge in [0.05, 0.1) is 18.7 Å². The Morgan fingerprint density at radius 3 is 2.59 bits per heavy atom. The van der Waals surface area contributed by atoms with Crippen molar-refractivity contribution in [1.82, 2.24) is 14.8 Å². The summed E-state index contributed by atoms with van der Waals surface area (Å²) in [6, 6.07) is 19.1. The number of piperidine rings is 1. The van der Waals surface area contributed by atoms with Crippen LogP contribution < -0.4 is 4.90 Å². The molecule has 32 heavy (non-hydrogen) atoms. The van der Waals surface area contributed by atoms with Crippen molar-refractivity contribution in [1.29, 1.82) is 0 Å². The molecule has 3 saturated heterocycles. The molecule has 3 aliphatic heterocycles. The van der Waals surface area contributed by atoms with E-state index in [4.69, 9.17) is 4.74 Å². The topological polar surface area (TPSA) is 48.9 Å². The highest BCUT2D eigenvalue weighted by atomic mass is 16.5. The predicted molar refractivity (Wildman–Crippen MR) is 124 cm³/mol. The van der Waals surface area contributed by atoms with Crippen LogP contribution in [0.4, 0.5) is 5.69 Å². The van der Waals surface area contributed by atoms with Crippen molar-refractivity contribution in [2.24, 2.45) is 0 Å². The molecule has 1 amide bonds. The molecule has 1 unspecified atom stereocenters. The summed E-state index contributed by atoms with van der Waals surface area (Å²) in [6.07, 6.45) is 5.44. The first kappa shape index (κ1) is 19.7. The second-order valence-corrected chi connectivity index (χ2v) is 9.32. The maximum atomic E-state index is 13.0. The van der Waals surface area contributed by atoms with Crippen LogP contribution in [0.25, 0.3) is 10.8 Å². The molecular weight excluding hydrogens is 400 g/mol. The molecule has 2 aromatic carbocycles. The van der Waals surface area contributed by atoms with Crippen molar-refractivity contribution in [3.63, 3.8) is 0 Å². The Morgan fingerprint density at radius 2 is 1.78 bits per heavy atom. The number of ether oxygens (including phenoxy) is 1. The Balaban J connectivity index is 1.12. The normalized spacial score (nSPS) is 23.1. The number of carbonyl (C=O) groups excluding carboxylic acids is 1. The van der Waals surface area contributed by atoms with Gasteiger partial charge in [0, 0.05) is 44.3 Å². The average Bonchev–Trinajstić information content (AvgIpc) is 3.18. The summed E-state index contributed by atoms with van der Waals surface area (Å²) >= 11 is 0. The molecular formula is C26H28N4O2. The van der Waals surface area contributed by atoms with Crippen molar-refractivity contribution in [3.8, 4) is 0 Å². The lowest BCUT2D eigenvalue weighted by Gasteiger charge is -2.39. The average molecular weight is 429 g/mol. The summed E-state index contributed by atoms with van der Waals surface area (Å²) in [5.41, 5.74) is 2.24. The van der Waals surface area contributed by atoms with Gasteiger partial charge in [-0.1, -0.05) is 36.4 Å². The fourth-order valence-electron chi connectivity index (χ4n) is 5.47. The monoisotopic (exact) mass is 428 g/mol. The maximum Gasteiger partial charge on any atom is 0.238 e. The second-order valence-electron chi connectivity index (χ2n) is 9.32. The number of carbonyl (C=O) groups is 1. The standard InChI is InChI=1S/C26H28N4O2/c31-24-17-28(16-20-5-6-21-3-1-2-4-22(21)15-20)18-25-30(24)19-26(32-25)9-13-29(14-10-26)23-7-11-27-12-8-23/h1-8,11-12,15,25H,9-10,13-14,16-19H2. The van der Waals surface area contributed by atoms with Crippen LogP contribution >= 0.6 is 0 Å². The molecule has 1 spiro atoms. The van der Waals surface area contributed by atoms with E-state index in [0.29, 0.717) is 6.54 Å². The summed E-state index contributed by atoms with van der Waals surface area (Å²) in [5.74, 6) is 0.190. The Morgan fingerprint density at radius 1 is 1.00 bits per heavy atom. The van der Waals surface area contributed by atoms with Crippen LogP contribution in [0.5, 0.6) is 0 Å². The number of aromatic nitrogens is 1. The number of amides is 1. The molecule has 3 aliphatic rings. The first-order valence-corrected chi connectivity index (χ1v) is 11.5. The lowest BCUT2D eigenvalue weighted by atomic mass is 9.91. The van der Waals surface area contributed by atoms with Crippen molar-refractivity contribution in [2.75, 3.05) is 37.6 Å². The fraction of sp³-hybridized carbons (Fsp3) is 0.385. The SMILES string of the molecule is O=C1CN(Cc2ccc3ccccc3c2)CC2OC3(CCN(c4ccncc4)CC3)CN12. The molecule has 6 rings (SSSR count). The van der Waals surface area contributed by atoms with Gasteiger partial charge in [0.25, 0.3) is 0 Å². The smallest absolute Gasteiger partial charge is 0.238 e. The summed E-state index contributed by atoms with van der Waals surface area (Å²) in [7, 11) is 0. The van der Waals surface area contributed by atoms with Gasteiger partial charge in [-0.3, -0.25) is 14.7 Å². The zero-order valence-electron chi connectivity index (χ0n) is 18.2. The molecule has 3 fully saturated rings. The van der Waals surface area contributed by atoms with Crippen LogP contribution in [0.15, 0.2) is 67.0 Å². The Labute approximate surface area is 188 Å². The summed E-state index contributed by atoms with van der Waals surface area (Å²) < 4.78 is 6.61. The van der Waals surface area contributed by atoms with Crippen molar-refractivity contribution in [2.45, 2.75) is 31.2 Å². The van der Waals surface area contributed by atoms with Crippen LogP contribution in [0, 0.1) is 0 Å². The lowest BCUT2D eigenvalue weighted by Crippen LogP contribution is -2.53. The van der Waals surface area contributed by atoms with E-state index >= 15 is 0 Å². The summed E-state index contributed by atoms with van der Waals surface area (Å²) in [4.78, 5) is 23.7. The number of rotatable bonds is 3. The minimum atomic E-state index is -0.206. The molecule has 164 valence electrons. The highest BCUT2D eigenvalue weighted by Gasteiger charge is 2.50. The predicted octanol–water partition coefficient (Wildman–Crippen LogP) is 3.27. The third-order valence-electron chi connectivity index (χ3n) is 7.21. The third-order valence-corrected chi connectivity index (χ3v) is 7.21. The number of pyridine rings is 1. The molecule has 0 bridgehead atoms. The number of fused-ring (bicyclic) bond motifs is 2. The summed E-state index contributed by atoms with van der Waals surface area (Å²) in [6.45, 7) is 4.62. The van der Waals surface area contributed by atoms with E-state index in [-0.39, 0.29) is 17.7 Å². The highest BCUT2D eigenvalue weighted by molar-refractivity contribution is 5.83. The Kier molecular flexibility index (Phi) is 4.85. The van der Waals surface area contributed by atoms with Crippen LogP contribution in [-0.2, 0) is 16.1 Å². The Hall–Kier alpha value is -2.96. The van der Waals surface area contributed by atoms with Gasteiger partial charge in [-0.25, -0.2) is 0 Å². The number of hydrogen-bond acceptors (Lipinski definition) is 5. The van der Waals surface area contributed by atoms with Crippen LogP contribution in [0.1, 0.15) is 18.4 Å². The first-order valence-electron chi connectivity index (χ1n) is 11.5. The van der Waals surface area contributed by atoms with Gasteiger partial charge < -0.3 is 14.5 Å². The van der Waals surface area contributed by atoms with E-state index in [9.17, 15) is 4.79 Å². The van der Waals surface area contributed by atoms with Gasteiger partial charge in [-0.05, 0) is 47.4 Å². The highest BCUT2D eigenvalue weighted by Crippen LogP contribution is 2.38. The number of benzene rings is 2. The van der Waals surface area contributed by atoms with E-state index in [1.807, 2.05) is 17.3 Å². The van der Waals surface area contributed by atoms with E-state index in [1.54, 1.807) is 0 Å². The molecule has 1 atom stereocenters. The van der Waals surface area contributed by atoms with Crippen LogP contribution in [-0.4, -0.2) is 65.2 Å². The molecule has 1 aromatic heterocycles. The van der Waals surface area contributed by atoms with E-state index in [0.717, 1.165) is 45.6 Å². The van der Waals surface area contributed by atoms with Crippen molar-refractivity contribution >= 4 is 22.4 Å². The van der Waals surface area contributed by atoms with E-state index < -0.39 is 0 Å². The van der Waals surface area contributed by atoms with Gasteiger partial charge in [0.15, 0.2) is 0 Å². The molecule has 0 aliphatic carbocycles. The lowest BCUT2D eigenvalue weighted by molar-refractivity contribution is -0.149. The number of hydrogen-bond donors (Lipinski definition) is 0. The Bertz CT molecular complexity index is 1130. The van der Waals surface area contributed by atoms with E-state index in [2.05, 4.69) is 69.4 Å². The maximum absolute atomic E-state index is 13.0. The van der Waals surface area contributed by atoms with Crippen LogP contribution in [0.3, 0.4) is 0 Å². The van der Waals surface area contributed by atoms with Gasteiger partial charge in [0.1, 0.15) is 6.23 Å². The molecule has 6 nitrogen and oxygen atoms in total. The zero-order chi connectivity index (χ0) is 21.5. The molecule has 3 aromatic rings. The quantitative estimate of drug-likeness (QED) is 0.641. The minimum Gasteiger partial charge on any atom is -0.371 e. The number of piperazine rings is 1. The van der Waals surface area contributed by atoms with Gasteiger partial charge in [0.2, 0.25) is 5.91 Å². The van der Waals surface area contributed by atoms with Gasteiger partial charge in [-0.2, -0.15) is 0 Å². The molecule has 0 N–H and O–H groups in total. The van der Waals surface area contributed by atoms with Gasteiger partial charge >= 0.3 is 0 Å². The van der Waals surface area contributed by atoms with E-state index in [1.165, 1.54) is 22.0 Å². The molecule has 0 saturated carbocycles. The van der Waals surface area contributed by atoms with Crippen molar-refractivity contribution < 1.29 is 9.53 Å². The summed E-state index contributed by atoms with van der Waals surface area (Å²) in [5, 5.41) is 2.49. The fourth-order valence-corrected chi connectivity index (χ4v) is 5.47.